The summed E-state index contributed by atoms with van der Waals surface area (Å²) in [6.45, 7) is 0. The number of rotatable bonds is 7. The first-order valence-corrected chi connectivity index (χ1v) is 18.5. The number of para-hydroxylation sites is 2. The molecular formula is C49H32N6O. The molecule has 264 valence electrons. The highest BCUT2D eigenvalue weighted by Crippen LogP contribution is 2.40. The van der Waals surface area contributed by atoms with Crippen LogP contribution in [0, 0.1) is 0 Å². The molecule has 6 aromatic carbocycles. The summed E-state index contributed by atoms with van der Waals surface area (Å²) in [4.78, 5) is 29.8. The van der Waals surface area contributed by atoms with E-state index in [1.165, 1.54) is 0 Å². The highest BCUT2D eigenvalue weighted by Gasteiger charge is 2.20. The van der Waals surface area contributed by atoms with Gasteiger partial charge in [0.25, 0.3) is 0 Å². The van der Waals surface area contributed by atoms with Crippen LogP contribution in [0.4, 0.5) is 0 Å². The van der Waals surface area contributed by atoms with Crippen molar-refractivity contribution in [3.63, 3.8) is 0 Å². The Morgan fingerprint density at radius 3 is 1.45 bits per heavy atom. The summed E-state index contributed by atoms with van der Waals surface area (Å²) >= 11 is 0. The van der Waals surface area contributed by atoms with E-state index in [-0.39, 0.29) is 0 Å². The Morgan fingerprint density at radius 2 is 0.839 bits per heavy atom. The van der Waals surface area contributed by atoms with Crippen molar-refractivity contribution in [3.8, 4) is 68.1 Å². The van der Waals surface area contributed by atoms with Gasteiger partial charge in [-0.2, -0.15) is 0 Å². The summed E-state index contributed by atoms with van der Waals surface area (Å²) in [5, 5.41) is 1.98. The predicted molar refractivity (Wildman–Crippen MR) is 224 cm³/mol. The maximum Gasteiger partial charge on any atom is 0.167 e. The van der Waals surface area contributed by atoms with Gasteiger partial charge in [0.05, 0.1) is 5.56 Å². The number of benzene rings is 6. The van der Waals surface area contributed by atoms with Crippen LogP contribution < -0.4 is 0 Å². The van der Waals surface area contributed by atoms with Crippen molar-refractivity contribution in [3.05, 3.63) is 188 Å². The van der Waals surface area contributed by atoms with Crippen molar-refractivity contribution in [1.82, 2.24) is 29.9 Å². The van der Waals surface area contributed by atoms with Gasteiger partial charge in [-0.15, -0.1) is 0 Å². The Kier molecular flexibility index (Phi) is 8.42. The van der Waals surface area contributed by atoms with Gasteiger partial charge >= 0.3 is 0 Å². The van der Waals surface area contributed by atoms with E-state index in [2.05, 4.69) is 54.6 Å². The zero-order valence-electron chi connectivity index (χ0n) is 30.1. The number of allylic oxidation sites excluding steroid dienone is 6. The summed E-state index contributed by atoms with van der Waals surface area (Å²) in [5.74, 6) is 3.57. The van der Waals surface area contributed by atoms with E-state index in [9.17, 15) is 0 Å². The molecule has 3 aromatic heterocycles. The molecule has 0 fully saturated rings. The van der Waals surface area contributed by atoms with Crippen LogP contribution in [0.15, 0.2) is 186 Å². The van der Waals surface area contributed by atoms with Gasteiger partial charge in [0.15, 0.2) is 34.9 Å². The molecule has 0 N–H and O–H groups in total. The lowest BCUT2D eigenvalue weighted by Gasteiger charge is -2.10. The van der Waals surface area contributed by atoms with Gasteiger partial charge in [0.1, 0.15) is 11.2 Å². The third kappa shape index (κ3) is 6.27. The minimum Gasteiger partial charge on any atom is -0.455 e. The number of aromatic nitrogens is 6. The monoisotopic (exact) mass is 720 g/mol. The molecule has 0 saturated carbocycles. The van der Waals surface area contributed by atoms with Gasteiger partial charge in [-0.1, -0.05) is 170 Å². The molecule has 0 bridgehead atoms. The third-order valence-corrected chi connectivity index (χ3v) is 9.80. The van der Waals surface area contributed by atoms with Gasteiger partial charge in [0, 0.05) is 44.2 Å². The second-order valence-electron chi connectivity index (χ2n) is 13.4. The van der Waals surface area contributed by atoms with Crippen molar-refractivity contribution in [2.24, 2.45) is 0 Å². The Bertz CT molecular complexity index is 2930. The van der Waals surface area contributed by atoms with Crippen molar-refractivity contribution >= 4 is 27.5 Å². The van der Waals surface area contributed by atoms with Crippen LogP contribution >= 0.6 is 0 Å². The van der Waals surface area contributed by atoms with Crippen LogP contribution in [-0.2, 0) is 0 Å². The lowest BCUT2D eigenvalue weighted by atomic mass is 10.00. The summed E-state index contributed by atoms with van der Waals surface area (Å²) in [6.07, 6.45) is 11.3. The number of hydrogen-bond acceptors (Lipinski definition) is 7. The van der Waals surface area contributed by atoms with Gasteiger partial charge in [-0.3, -0.25) is 0 Å². The fourth-order valence-electron chi connectivity index (χ4n) is 7.06. The Morgan fingerprint density at radius 1 is 0.375 bits per heavy atom. The number of hydrogen-bond donors (Lipinski definition) is 0. The van der Waals surface area contributed by atoms with Crippen molar-refractivity contribution < 1.29 is 4.42 Å². The van der Waals surface area contributed by atoms with E-state index in [4.69, 9.17) is 34.3 Å². The van der Waals surface area contributed by atoms with E-state index in [0.717, 1.165) is 67.3 Å². The zero-order chi connectivity index (χ0) is 37.3. The molecule has 0 atom stereocenters. The van der Waals surface area contributed by atoms with Gasteiger partial charge in [-0.25, -0.2) is 29.9 Å². The van der Waals surface area contributed by atoms with Crippen LogP contribution in [0.25, 0.3) is 95.6 Å². The molecule has 1 aliphatic rings. The zero-order valence-corrected chi connectivity index (χ0v) is 30.1. The molecule has 0 aliphatic heterocycles. The molecule has 3 heterocycles. The smallest absolute Gasteiger partial charge is 0.167 e. The second kappa shape index (κ2) is 14.3. The molecule has 0 amide bonds. The molecule has 7 nitrogen and oxygen atoms in total. The maximum absolute atomic E-state index is 6.88. The van der Waals surface area contributed by atoms with Gasteiger partial charge < -0.3 is 4.42 Å². The molecule has 10 rings (SSSR count). The normalized spacial score (nSPS) is 12.5. The van der Waals surface area contributed by atoms with Crippen LogP contribution in [-0.4, -0.2) is 29.9 Å². The molecule has 0 saturated heterocycles. The minimum absolute atomic E-state index is 0.542. The van der Waals surface area contributed by atoms with Crippen molar-refractivity contribution in [2.75, 3.05) is 0 Å². The lowest BCUT2D eigenvalue weighted by Crippen LogP contribution is -2.02. The number of fused-ring (bicyclic) bond motifs is 3. The van der Waals surface area contributed by atoms with E-state index in [1.54, 1.807) is 0 Å². The highest BCUT2D eigenvalue weighted by atomic mass is 16.3. The standard InChI is InChI=1S/C49H32N6O/c1-2-7-18-32(17-6-1)44-50-45(33-19-8-3-9-20-33)53-48(52-44)37-26-14-25-36(31-37)38-27-15-28-39-40-29-16-30-41(43(40)56-42(38)39)49-54-46(34-21-10-4-11-22-34)51-47(55-49)35-23-12-5-13-24-35/h1,3-31H,2H2. The average molecular weight is 721 g/mol. The van der Waals surface area contributed by atoms with Crippen LogP contribution in [0.3, 0.4) is 0 Å². The minimum atomic E-state index is 0.542. The lowest BCUT2D eigenvalue weighted by molar-refractivity contribution is 0.670. The second-order valence-corrected chi connectivity index (χ2v) is 13.4. The van der Waals surface area contributed by atoms with Crippen molar-refractivity contribution in [2.45, 2.75) is 6.42 Å². The largest absolute Gasteiger partial charge is 0.455 e. The molecule has 9 aromatic rings. The first kappa shape index (κ1) is 33.0. The molecule has 0 unspecified atom stereocenters. The quantitative estimate of drug-likeness (QED) is 0.162. The van der Waals surface area contributed by atoms with E-state index < -0.39 is 0 Å². The summed E-state index contributed by atoms with van der Waals surface area (Å²) in [7, 11) is 0. The summed E-state index contributed by atoms with van der Waals surface area (Å²) < 4.78 is 6.88. The van der Waals surface area contributed by atoms with Crippen LogP contribution in [0.1, 0.15) is 12.2 Å². The SMILES string of the molecule is C1=CCC=CC(c2nc(-c3ccccc3)nc(-c3cccc(-c4cccc5c4oc4c(-c6nc(-c7ccccc7)nc(-c7ccccc7)n6)cccc45)c3)n2)=C1. The molecule has 0 radical (unpaired) electrons. The topological polar surface area (TPSA) is 90.5 Å². The van der Waals surface area contributed by atoms with Gasteiger partial charge in [-0.05, 0) is 24.1 Å². The highest BCUT2D eigenvalue weighted by molar-refractivity contribution is 6.12. The van der Waals surface area contributed by atoms with E-state index in [0.29, 0.717) is 40.5 Å². The molecular weight excluding hydrogens is 689 g/mol. The number of furan rings is 1. The van der Waals surface area contributed by atoms with Crippen molar-refractivity contribution in [1.29, 1.82) is 0 Å². The Balaban J connectivity index is 1.11. The predicted octanol–water partition coefficient (Wildman–Crippen LogP) is 11.9. The van der Waals surface area contributed by atoms with Gasteiger partial charge in [0.2, 0.25) is 0 Å². The van der Waals surface area contributed by atoms with E-state index >= 15 is 0 Å². The summed E-state index contributed by atoms with van der Waals surface area (Å²) in [5.41, 5.74) is 8.76. The molecule has 0 spiro atoms. The Labute approximate surface area is 323 Å². The molecule has 1 aliphatic carbocycles. The first-order valence-electron chi connectivity index (χ1n) is 18.5. The Hall–Kier alpha value is -7.64. The average Bonchev–Trinajstić information content (AvgIpc) is 3.44. The molecule has 56 heavy (non-hydrogen) atoms. The fourth-order valence-corrected chi connectivity index (χ4v) is 7.06. The van der Waals surface area contributed by atoms with Crippen LogP contribution in [0.2, 0.25) is 0 Å². The van der Waals surface area contributed by atoms with E-state index in [1.807, 2.05) is 127 Å². The third-order valence-electron chi connectivity index (χ3n) is 9.80. The molecule has 7 heteroatoms. The fraction of sp³-hybridized carbons (Fsp3) is 0.0204. The van der Waals surface area contributed by atoms with Crippen LogP contribution in [0.5, 0.6) is 0 Å². The number of nitrogens with zero attached hydrogens (tertiary/aromatic N) is 6. The summed E-state index contributed by atoms with van der Waals surface area (Å²) in [6, 6.07) is 50.7. The first-order chi connectivity index (χ1) is 27.7. The maximum atomic E-state index is 6.88.